The molecule has 1 nitrogen and oxygen atoms in total. The van der Waals surface area contributed by atoms with E-state index in [0.29, 0.717) is 0 Å². The third-order valence-electron chi connectivity index (χ3n) is 1.91. The van der Waals surface area contributed by atoms with Crippen LogP contribution in [0.4, 0.5) is 26.3 Å². The average molecular weight is 264 g/mol. The topological polar surface area (TPSA) is 20.2 Å². The van der Waals surface area contributed by atoms with E-state index in [2.05, 4.69) is 0 Å². The van der Waals surface area contributed by atoms with Gasteiger partial charge in [0.05, 0.1) is 0 Å². The maximum atomic E-state index is 12.2. The van der Waals surface area contributed by atoms with Crippen LogP contribution in [0.5, 0.6) is 0 Å². The SMILES string of the molecule is OC(c1ccsc1)C(C(F)(F)F)C(F)(F)F. The van der Waals surface area contributed by atoms with E-state index in [-0.39, 0.29) is 5.56 Å². The minimum atomic E-state index is -5.53. The zero-order chi connectivity index (χ0) is 12.6. The molecule has 0 saturated carbocycles. The first kappa shape index (κ1) is 13.3. The van der Waals surface area contributed by atoms with E-state index in [9.17, 15) is 26.3 Å². The van der Waals surface area contributed by atoms with Gasteiger partial charge in [-0.1, -0.05) is 0 Å². The van der Waals surface area contributed by atoms with E-state index in [1.165, 1.54) is 5.38 Å². The molecule has 0 bridgehead atoms. The average Bonchev–Trinajstić information content (AvgIpc) is 2.48. The van der Waals surface area contributed by atoms with Gasteiger partial charge in [-0.2, -0.15) is 37.7 Å². The van der Waals surface area contributed by atoms with Crippen molar-refractivity contribution in [1.29, 1.82) is 0 Å². The number of hydrogen-bond acceptors (Lipinski definition) is 2. The van der Waals surface area contributed by atoms with Crippen LogP contribution in [0.15, 0.2) is 16.8 Å². The number of halogens is 6. The molecule has 0 radical (unpaired) electrons. The fourth-order valence-corrected chi connectivity index (χ4v) is 1.87. The maximum Gasteiger partial charge on any atom is 0.403 e. The Morgan fingerprint density at radius 2 is 1.56 bits per heavy atom. The fourth-order valence-electron chi connectivity index (χ4n) is 1.18. The molecule has 0 aromatic carbocycles. The molecule has 8 heteroatoms. The molecule has 1 atom stereocenters. The molecule has 0 aliphatic carbocycles. The van der Waals surface area contributed by atoms with Crippen molar-refractivity contribution >= 4 is 11.3 Å². The summed E-state index contributed by atoms with van der Waals surface area (Å²) in [6.45, 7) is 0. The zero-order valence-corrected chi connectivity index (χ0v) is 8.33. The van der Waals surface area contributed by atoms with Crippen molar-refractivity contribution in [3.63, 3.8) is 0 Å². The lowest BCUT2D eigenvalue weighted by Crippen LogP contribution is -2.40. The minimum absolute atomic E-state index is 0.385. The molecule has 1 aromatic rings. The molecule has 0 aliphatic heterocycles. The van der Waals surface area contributed by atoms with Crippen LogP contribution in [0.3, 0.4) is 0 Å². The molecular formula is C8H6F6OS. The number of alkyl halides is 6. The number of aliphatic hydroxyl groups is 1. The summed E-state index contributed by atoms with van der Waals surface area (Å²) in [6.07, 6.45) is -13.7. The van der Waals surface area contributed by atoms with Gasteiger partial charge < -0.3 is 5.11 Å². The molecule has 0 amide bonds. The fraction of sp³-hybridized carbons (Fsp3) is 0.500. The molecule has 0 aliphatic rings. The van der Waals surface area contributed by atoms with Gasteiger partial charge in [0.1, 0.15) is 6.10 Å². The van der Waals surface area contributed by atoms with E-state index in [0.717, 1.165) is 22.8 Å². The highest BCUT2D eigenvalue weighted by atomic mass is 32.1. The molecule has 16 heavy (non-hydrogen) atoms. The van der Waals surface area contributed by atoms with Gasteiger partial charge in [0.15, 0.2) is 5.92 Å². The van der Waals surface area contributed by atoms with Crippen LogP contribution < -0.4 is 0 Å². The first-order valence-electron chi connectivity index (χ1n) is 3.97. The molecule has 1 N–H and O–H groups in total. The number of aliphatic hydroxyl groups excluding tert-OH is 1. The summed E-state index contributed by atoms with van der Waals surface area (Å²) >= 11 is 0.912. The summed E-state index contributed by atoms with van der Waals surface area (Å²) in [5.41, 5.74) is -0.385. The van der Waals surface area contributed by atoms with Crippen molar-refractivity contribution in [3.8, 4) is 0 Å². The summed E-state index contributed by atoms with van der Waals surface area (Å²) < 4.78 is 73.1. The lowest BCUT2D eigenvalue weighted by atomic mass is 9.96. The van der Waals surface area contributed by atoms with Crippen LogP contribution in [0.25, 0.3) is 0 Å². The van der Waals surface area contributed by atoms with Crippen LogP contribution in [-0.4, -0.2) is 17.5 Å². The standard InChI is InChI=1S/C8H6F6OS/c9-7(10,11)6(8(12,13)14)5(15)4-1-2-16-3-4/h1-3,5-6,15H. The molecule has 1 heterocycles. The first-order chi connectivity index (χ1) is 7.14. The Kier molecular flexibility index (Phi) is 3.53. The lowest BCUT2D eigenvalue weighted by molar-refractivity contribution is -0.307. The number of rotatable bonds is 2. The van der Waals surface area contributed by atoms with Crippen LogP contribution >= 0.6 is 11.3 Å². The Balaban J connectivity index is 3.04. The van der Waals surface area contributed by atoms with Crippen molar-refractivity contribution in [3.05, 3.63) is 22.4 Å². The second kappa shape index (κ2) is 4.25. The van der Waals surface area contributed by atoms with Gasteiger partial charge in [-0.25, -0.2) is 0 Å². The number of thiophene rings is 1. The van der Waals surface area contributed by atoms with Gasteiger partial charge in [0.25, 0.3) is 0 Å². The lowest BCUT2D eigenvalue weighted by Gasteiger charge is -2.26. The Bertz CT molecular complexity index is 313. The summed E-state index contributed by atoms with van der Waals surface area (Å²) in [4.78, 5) is 0. The van der Waals surface area contributed by atoms with Crippen molar-refractivity contribution in [2.75, 3.05) is 0 Å². The van der Waals surface area contributed by atoms with Gasteiger partial charge in [-0.3, -0.25) is 0 Å². The first-order valence-corrected chi connectivity index (χ1v) is 4.92. The molecule has 0 spiro atoms. The predicted octanol–water partition coefficient (Wildman–Crippen LogP) is 3.52. The third-order valence-corrected chi connectivity index (χ3v) is 2.61. The van der Waals surface area contributed by atoms with Crippen LogP contribution in [0.2, 0.25) is 0 Å². The normalized spacial score (nSPS) is 15.5. The molecular weight excluding hydrogens is 258 g/mol. The minimum Gasteiger partial charge on any atom is -0.387 e. The molecule has 92 valence electrons. The van der Waals surface area contributed by atoms with Gasteiger partial charge >= 0.3 is 12.4 Å². The third kappa shape index (κ3) is 2.88. The van der Waals surface area contributed by atoms with Gasteiger partial charge in [0.2, 0.25) is 0 Å². The van der Waals surface area contributed by atoms with Crippen molar-refractivity contribution in [2.24, 2.45) is 5.92 Å². The van der Waals surface area contributed by atoms with E-state index in [1.807, 2.05) is 0 Å². The van der Waals surface area contributed by atoms with E-state index < -0.39 is 24.4 Å². The van der Waals surface area contributed by atoms with Crippen molar-refractivity contribution in [2.45, 2.75) is 18.5 Å². The molecule has 0 fully saturated rings. The summed E-state index contributed by atoms with van der Waals surface area (Å²) in [6, 6.07) is 1.03. The predicted molar refractivity (Wildman–Crippen MR) is 44.9 cm³/mol. The molecule has 1 unspecified atom stereocenters. The zero-order valence-electron chi connectivity index (χ0n) is 7.51. The largest absolute Gasteiger partial charge is 0.403 e. The van der Waals surface area contributed by atoms with Crippen LogP contribution in [0.1, 0.15) is 11.7 Å². The summed E-state index contributed by atoms with van der Waals surface area (Å²) in [7, 11) is 0. The molecule has 1 aromatic heterocycles. The quantitative estimate of drug-likeness (QED) is 0.810. The Labute approximate surface area is 90.3 Å². The Morgan fingerprint density at radius 1 is 1.06 bits per heavy atom. The smallest absolute Gasteiger partial charge is 0.387 e. The van der Waals surface area contributed by atoms with Crippen molar-refractivity contribution < 1.29 is 31.4 Å². The summed E-state index contributed by atoms with van der Waals surface area (Å²) in [5, 5.41) is 11.5. The van der Waals surface area contributed by atoms with E-state index >= 15 is 0 Å². The van der Waals surface area contributed by atoms with Gasteiger partial charge in [0, 0.05) is 0 Å². The van der Waals surface area contributed by atoms with Crippen LogP contribution in [0, 0.1) is 5.92 Å². The van der Waals surface area contributed by atoms with E-state index in [1.54, 1.807) is 0 Å². The highest BCUT2D eigenvalue weighted by Crippen LogP contribution is 2.46. The highest BCUT2D eigenvalue weighted by Gasteiger charge is 2.60. The highest BCUT2D eigenvalue weighted by molar-refractivity contribution is 7.07. The Morgan fingerprint density at radius 3 is 1.88 bits per heavy atom. The second-order valence-electron chi connectivity index (χ2n) is 3.06. The van der Waals surface area contributed by atoms with Gasteiger partial charge in [-0.15, -0.1) is 0 Å². The molecule has 0 saturated heterocycles. The van der Waals surface area contributed by atoms with E-state index in [4.69, 9.17) is 5.11 Å². The Hall–Kier alpha value is -0.760. The number of hydrogen-bond donors (Lipinski definition) is 1. The monoisotopic (exact) mass is 264 g/mol. The van der Waals surface area contributed by atoms with Crippen molar-refractivity contribution in [1.82, 2.24) is 0 Å². The van der Waals surface area contributed by atoms with Gasteiger partial charge in [-0.05, 0) is 22.4 Å². The maximum absolute atomic E-state index is 12.2. The molecule has 1 rings (SSSR count). The summed E-state index contributed by atoms with van der Waals surface area (Å²) in [5.74, 6) is -3.76. The second-order valence-corrected chi connectivity index (χ2v) is 3.84. The van der Waals surface area contributed by atoms with Crippen LogP contribution in [-0.2, 0) is 0 Å².